The Morgan fingerprint density at radius 2 is 2.28 bits per heavy atom. The Kier molecular flexibility index (Phi) is 5.03. The summed E-state index contributed by atoms with van der Waals surface area (Å²) in [5.74, 6) is -0.268. The van der Waals surface area contributed by atoms with E-state index in [0.29, 0.717) is 17.1 Å². The van der Waals surface area contributed by atoms with Crippen molar-refractivity contribution in [3.05, 3.63) is 11.4 Å². The minimum absolute atomic E-state index is 0.0164. The molecule has 1 heterocycles. The zero-order valence-corrected chi connectivity index (χ0v) is 11.9. The summed E-state index contributed by atoms with van der Waals surface area (Å²) >= 11 is 1.51. The molecule has 0 aliphatic heterocycles. The second-order valence-corrected chi connectivity index (χ2v) is 5.27. The number of hydrogen-bond acceptors (Lipinski definition) is 5. The minimum Gasteiger partial charge on any atom is -0.395 e. The number of nitrogen functional groups attached to an aromatic ring is 1. The Labute approximate surface area is 111 Å². The molecule has 0 aliphatic carbocycles. The number of thioether (sulfide) groups is 1. The Morgan fingerprint density at radius 3 is 2.67 bits per heavy atom. The Morgan fingerprint density at radius 1 is 1.67 bits per heavy atom. The van der Waals surface area contributed by atoms with Gasteiger partial charge in [0.05, 0.1) is 18.0 Å². The predicted octanol–water partition coefficient (Wildman–Crippen LogP) is 0.153. The number of nitrogens with one attached hydrogen (secondary N) is 1. The van der Waals surface area contributed by atoms with E-state index in [0.717, 1.165) is 0 Å². The average Bonchev–Trinajstić information content (AvgIpc) is 2.54. The van der Waals surface area contributed by atoms with Crippen molar-refractivity contribution in [2.24, 2.45) is 7.05 Å². The van der Waals surface area contributed by atoms with E-state index in [-0.39, 0.29) is 23.8 Å². The van der Waals surface area contributed by atoms with Crippen molar-refractivity contribution >= 4 is 23.4 Å². The molecule has 0 aliphatic rings. The number of nitrogens with zero attached hydrogens (tertiary/aromatic N) is 2. The van der Waals surface area contributed by atoms with Crippen LogP contribution in [0, 0.1) is 6.92 Å². The van der Waals surface area contributed by atoms with Crippen LogP contribution in [0.15, 0.2) is 0 Å². The van der Waals surface area contributed by atoms with Crippen LogP contribution in [0.2, 0.25) is 0 Å². The normalized spacial score (nSPS) is 14.3. The number of aliphatic hydroxyl groups excluding tert-OH is 1. The molecule has 102 valence electrons. The van der Waals surface area contributed by atoms with Gasteiger partial charge in [-0.05, 0) is 20.1 Å². The van der Waals surface area contributed by atoms with E-state index in [1.165, 1.54) is 16.4 Å². The lowest BCUT2D eigenvalue weighted by atomic mass is 10.2. The second kappa shape index (κ2) is 6.10. The summed E-state index contributed by atoms with van der Waals surface area (Å²) < 4.78 is 1.47. The van der Waals surface area contributed by atoms with E-state index in [4.69, 9.17) is 5.73 Å². The Balaban J connectivity index is 2.82. The fourth-order valence-corrected chi connectivity index (χ4v) is 2.37. The fourth-order valence-electron chi connectivity index (χ4n) is 1.75. The molecule has 0 spiro atoms. The minimum atomic E-state index is -0.268. The average molecular weight is 272 g/mol. The lowest BCUT2D eigenvalue weighted by Gasteiger charge is -2.21. The number of nitrogens with two attached hydrogens (primary N) is 1. The number of carbonyl (C=O) groups excluding carboxylic acids is 1. The van der Waals surface area contributed by atoms with Crippen molar-refractivity contribution < 1.29 is 9.90 Å². The van der Waals surface area contributed by atoms with Crippen molar-refractivity contribution in [3.8, 4) is 0 Å². The van der Waals surface area contributed by atoms with Gasteiger partial charge in [0.1, 0.15) is 5.69 Å². The van der Waals surface area contributed by atoms with E-state index < -0.39 is 0 Å². The maximum atomic E-state index is 12.1. The summed E-state index contributed by atoms with van der Waals surface area (Å²) in [6.07, 6.45) is 1.89. The van der Waals surface area contributed by atoms with Crippen molar-refractivity contribution in [3.63, 3.8) is 0 Å². The SMILES string of the molecule is CSC(CO)C(C)NC(=O)c1c(N)c(C)nn1C. The first-order valence-electron chi connectivity index (χ1n) is 5.66. The molecule has 6 nitrogen and oxygen atoms in total. The standard InChI is InChI=1S/C11H20N4O2S/c1-6(8(5-16)18-4)13-11(17)10-9(12)7(2)14-15(10)3/h6,8,16H,5,12H2,1-4H3,(H,13,17). The van der Waals surface area contributed by atoms with Gasteiger partial charge in [-0.1, -0.05) is 0 Å². The molecule has 0 saturated heterocycles. The lowest BCUT2D eigenvalue weighted by Crippen LogP contribution is -2.42. The molecule has 7 heteroatoms. The quantitative estimate of drug-likeness (QED) is 0.709. The molecule has 0 radical (unpaired) electrons. The molecule has 0 aromatic carbocycles. The summed E-state index contributed by atoms with van der Waals surface area (Å²) in [7, 11) is 1.68. The van der Waals surface area contributed by atoms with Gasteiger partial charge in [0.25, 0.3) is 5.91 Å². The zero-order chi connectivity index (χ0) is 13.9. The molecule has 0 bridgehead atoms. The maximum Gasteiger partial charge on any atom is 0.271 e. The molecule has 2 atom stereocenters. The molecule has 1 rings (SSSR count). The monoisotopic (exact) mass is 272 g/mol. The van der Waals surface area contributed by atoms with E-state index in [1.807, 2.05) is 13.2 Å². The highest BCUT2D eigenvalue weighted by Crippen LogP contribution is 2.16. The van der Waals surface area contributed by atoms with E-state index in [9.17, 15) is 9.90 Å². The lowest BCUT2D eigenvalue weighted by molar-refractivity contribution is 0.0927. The molecular formula is C11H20N4O2S. The highest BCUT2D eigenvalue weighted by Gasteiger charge is 2.22. The Bertz CT molecular complexity index is 429. The van der Waals surface area contributed by atoms with Gasteiger partial charge >= 0.3 is 0 Å². The highest BCUT2D eigenvalue weighted by molar-refractivity contribution is 7.99. The van der Waals surface area contributed by atoms with Gasteiger partial charge in [-0.15, -0.1) is 0 Å². The predicted molar refractivity (Wildman–Crippen MR) is 73.7 cm³/mol. The molecule has 4 N–H and O–H groups in total. The third-order valence-corrected chi connectivity index (χ3v) is 4.05. The van der Waals surface area contributed by atoms with Crippen molar-refractivity contribution in [2.45, 2.75) is 25.1 Å². The maximum absolute atomic E-state index is 12.1. The smallest absolute Gasteiger partial charge is 0.271 e. The molecule has 2 unspecified atom stereocenters. The van der Waals surface area contributed by atoms with Crippen LogP contribution >= 0.6 is 11.8 Å². The number of aryl methyl sites for hydroxylation is 2. The van der Waals surface area contributed by atoms with Gasteiger partial charge in [0.15, 0.2) is 0 Å². The summed E-state index contributed by atoms with van der Waals surface area (Å²) in [4.78, 5) is 12.1. The number of hydrogen-bond donors (Lipinski definition) is 3. The molecule has 0 saturated carbocycles. The van der Waals surface area contributed by atoms with E-state index in [2.05, 4.69) is 10.4 Å². The van der Waals surface area contributed by atoms with Crippen LogP contribution in [0.1, 0.15) is 23.1 Å². The van der Waals surface area contributed by atoms with Crippen LogP contribution in [-0.2, 0) is 7.05 Å². The first-order chi connectivity index (χ1) is 8.42. The summed E-state index contributed by atoms with van der Waals surface area (Å²) in [6, 6.07) is -0.146. The molecular weight excluding hydrogens is 252 g/mol. The van der Waals surface area contributed by atoms with Gasteiger partial charge in [-0.3, -0.25) is 9.48 Å². The third-order valence-electron chi connectivity index (χ3n) is 2.88. The van der Waals surface area contributed by atoms with Gasteiger partial charge in [0.2, 0.25) is 0 Å². The van der Waals surface area contributed by atoms with Crippen LogP contribution in [0.3, 0.4) is 0 Å². The van der Waals surface area contributed by atoms with Crippen molar-refractivity contribution in [2.75, 3.05) is 18.6 Å². The van der Waals surface area contributed by atoms with Crippen molar-refractivity contribution in [1.82, 2.24) is 15.1 Å². The number of aliphatic hydroxyl groups is 1. The number of amides is 1. The number of carbonyl (C=O) groups is 1. The Hall–Kier alpha value is -1.21. The molecule has 0 fully saturated rings. The molecule has 1 amide bonds. The number of rotatable bonds is 5. The first kappa shape index (κ1) is 14.8. The fraction of sp³-hybridized carbons (Fsp3) is 0.636. The van der Waals surface area contributed by atoms with Gasteiger partial charge < -0.3 is 16.2 Å². The highest BCUT2D eigenvalue weighted by atomic mass is 32.2. The molecule has 18 heavy (non-hydrogen) atoms. The van der Waals surface area contributed by atoms with Crippen LogP contribution in [0.5, 0.6) is 0 Å². The topological polar surface area (TPSA) is 93.2 Å². The van der Waals surface area contributed by atoms with E-state index in [1.54, 1.807) is 14.0 Å². The van der Waals surface area contributed by atoms with Gasteiger partial charge in [0, 0.05) is 18.3 Å². The van der Waals surface area contributed by atoms with Crippen LogP contribution in [0.25, 0.3) is 0 Å². The number of aromatic nitrogens is 2. The van der Waals surface area contributed by atoms with Crippen LogP contribution in [-0.4, -0.2) is 44.9 Å². The second-order valence-electron chi connectivity index (χ2n) is 4.19. The van der Waals surface area contributed by atoms with Crippen LogP contribution < -0.4 is 11.1 Å². The summed E-state index contributed by atoms with van der Waals surface area (Å²) in [5.41, 5.74) is 7.21. The zero-order valence-electron chi connectivity index (χ0n) is 11.1. The van der Waals surface area contributed by atoms with E-state index >= 15 is 0 Å². The molecule has 1 aromatic heterocycles. The van der Waals surface area contributed by atoms with Gasteiger partial charge in [-0.25, -0.2) is 0 Å². The van der Waals surface area contributed by atoms with Crippen LogP contribution in [0.4, 0.5) is 5.69 Å². The summed E-state index contributed by atoms with van der Waals surface area (Å²) in [5, 5.41) is 16.1. The molecule has 1 aromatic rings. The van der Waals surface area contributed by atoms with Gasteiger partial charge in [-0.2, -0.15) is 16.9 Å². The summed E-state index contributed by atoms with van der Waals surface area (Å²) in [6.45, 7) is 3.63. The van der Waals surface area contributed by atoms with Crippen molar-refractivity contribution in [1.29, 1.82) is 0 Å². The number of anilines is 1. The third kappa shape index (κ3) is 2.97. The largest absolute Gasteiger partial charge is 0.395 e. The first-order valence-corrected chi connectivity index (χ1v) is 6.94.